The van der Waals surface area contributed by atoms with E-state index in [2.05, 4.69) is 0 Å². The lowest BCUT2D eigenvalue weighted by Crippen LogP contribution is -2.32. The maximum Gasteiger partial charge on any atom is 0.304 e. The molecule has 1 aromatic carbocycles. The topological polar surface area (TPSA) is 60.8 Å². The maximum atomic E-state index is 10.6. The molecule has 1 rings (SSSR count). The van der Waals surface area contributed by atoms with Gasteiger partial charge in [-0.15, -0.1) is 0 Å². The molecule has 2 N–H and O–H groups in total. The van der Waals surface area contributed by atoms with Crippen LogP contribution in [0.15, 0.2) is 18.2 Å². The third-order valence-electron chi connectivity index (χ3n) is 2.76. The molecule has 0 heterocycles. The van der Waals surface area contributed by atoms with Crippen LogP contribution < -0.4 is 0 Å². The number of carboxylic acid groups (broad SMARTS) is 1. The lowest BCUT2D eigenvalue weighted by atomic mass is 10.1. The van der Waals surface area contributed by atoms with Crippen LogP contribution in [-0.4, -0.2) is 33.7 Å². The van der Waals surface area contributed by atoms with Crippen molar-refractivity contribution in [1.82, 2.24) is 4.90 Å². The fourth-order valence-electron chi connectivity index (χ4n) is 1.66. The molecule has 5 heteroatoms. The smallest absolute Gasteiger partial charge is 0.304 e. The Hall–Kier alpha value is -1.26. The van der Waals surface area contributed by atoms with E-state index in [1.54, 1.807) is 18.2 Å². The van der Waals surface area contributed by atoms with E-state index in [1.807, 2.05) is 18.7 Å². The highest BCUT2D eigenvalue weighted by molar-refractivity contribution is 6.30. The molecule has 0 saturated heterocycles. The number of rotatable bonds is 6. The predicted molar refractivity (Wildman–Crippen MR) is 70.9 cm³/mol. The van der Waals surface area contributed by atoms with Crippen LogP contribution in [0.4, 0.5) is 0 Å². The van der Waals surface area contributed by atoms with E-state index in [0.29, 0.717) is 23.7 Å². The van der Waals surface area contributed by atoms with Crippen LogP contribution in [0.1, 0.15) is 25.8 Å². The minimum Gasteiger partial charge on any atom is -0.508 e. The van der Waals surface area contributed by atoms with E-state index in [0.717, 1.165) is 0 Å². The van der Waals surface area contributed by atoms with Crippen LogP contribution in [0.5, 0.6) is 5.75 Å². The zero-order chi connectivity index (χ0) is 13.7. The largest absolute Gasteiger partial charge is 0.508 e. The van der Waals surface area contributed by atoms with Crippen molar-refractivity contribution in [1.29, 1.82) is 0 Å². The van der Waals surface area contributed by atoms with E-state index < -0.39 is 5.97 Å². The summed E-state index contributed by atoms with van der Waals surface area (Å²) in [7, 11) is 0. The van der Waals surface area contributed by atoms with Gasteiger partial charge in [-0.2, -0.15) is 0 Å². The Morgan fingerprint density at radius 1 is 1.44 bits per heavy atom. The van der Waals surface area contributed by atoms with E-state index in [9.17, 15) is 9.90 Å². The number of halogens is 1. The number of hydrogen-bond donors (Lipinski definition) is 2. The van der Waals surface area contributed by atoms with Gasteiger partial charge in [0.2, 0.25) is 0 Å². The third kappa shape index (κ3) is 4.55. The molecular weight excluding hydrogens is 254 g/mol. The monoisotopic (exact) mass is 271 g/mol. The van der Waals surface area contributed by atoms with Crippen LogP contribution in [0.2, 0.25) is 5.02 Å². The predicted octanol–water partition coefficient (Wildman–Crippen LogP) is 2.73. The molecule has 0 unspecified atom stereocenters. The molecule has 18 heavy (non-hydrogen) atoms. The van der Waals surface area contributed by atoms with Crippen molar-refractivity contribution in [3.05, 3.63) is 28.8 Å². The molecule has 100 valence electrons. The Bertz CT molecular complexity index is 421. The van der Waals surface area contributed by atoms with Crippen molar-refractivity contribution >= 4 is 17.6 Å². The SMILES string of the molecule is CC(C)N(CCC(=O)O)Cc1cc(Cl)ccc1O. The van der Waals surface area contributed by atoms with Gasteiger partial charge >= 0.3 is 5.97 Å². The molecule has 0 spiro atoms. The molecule has 0 aliphatic heterocycles. The molecule has 0 aliphatic carbocycles. The standard InChI is InChI=1S/C13H18ClNO3/c1-9(2)15(6-5-13(17)18)8-10-7-11(14)3-4-12(10)16/h3-4,7,9,16H,5-6,8H2,1-2H3,(H,17,18). The second-order valence-corrected chi connectivity index (χ2v) is 4.92. The van der Waals surface area contributed by atoms with Gasteiger partial charge < -0.3 is 10.2 Å². The van der Waals surface area contributed by atoms with Gasteiger partial charge in [-0.1, -0.05) is 11.6 Å². The molecular formula is C13H18ClNO3. The maximum absolute atomic E-state index is 10.6. The second kappa shape index (κ2) is 6.61. The number of hydrogen-bond acceptors (Lipinski definition) is 3. The number of nitrogens with zero attached hydrogens (tertiary/aromatic N) is 1. The number of carbonyl (C=O) groups is 1. The lowest BCUT2D eigenvalue weighted by molar-refractivity contribution is -0.137. The Morgan fingerprint density at radius 3 is 2.67 bits per heavy atom. The summed E-state index contributed by atoms with van der Waals surface area (Å²) in [6.45, 7) is 4.91. The summed E-state index contributed by atoms with van der Waals surface area (Å²) in [5.74, 6) is -0.642. The molecule has 0 fully saturated rings. The van der Waals surface area contributed by atoms with Gasteiger partial charge in [0.05, 0.1) is 6.42 Å². The van der Waals surface area contributed by atoms with E-state index in [-0.39, 0.29) is 18.2 Å². The molecule has 0 aliphatic rings. The van der Waals surface area contributed by atoms with Gasteiger partial charge in [-0.25, -0.2) is 0 Å². The zero-order valence-electron chi connectivity index (χ0n) is 10.6. The van der Waals surface area contributed by atoms with Gasteiger partial charge in [0.25, 0.3) is 0 Å². The Morgan fingerprint density at radius 2 is 2.11 bits per heavy atom. The van der Waals surface area contributed by atoms with E-state index in [4.69, 9.17) is 16.7 Å². The molecule has 1 aromatic rings. The number of aromatic hydroxyl groups is 1. The minimum atomic E-state index is -0.823. The van der Waals surface area contributed by atoms with Crippen molar-refractivity contribution in [3.8, 4) is 5.75 Å². The fraction of sp³-hybridized carbons (Fsp3) is 0.462. The normalized spacial score (nSPS) is 11.2. The Kier molecular flexibility index (Phi) is 5.44. The van der Waals surface area contributed by atoms with Gasteiger partial charge in [0, 0.05) is 29.7 Å². The van der Waals surface area contributed by atoms with Crippen molar-refractivity contribution in [2.75, 3.05) is 6.54 Å². The van der Waals surface area contributed by atoms with Gasteiger partial charge in [0.15, 0.2) is 0 Å². The van der Waals surface area contributed by atoms with Crippen molar-refractivity contribution in [2.24, 2.45) is 0 Å². The molecule has 0 saturated carbocycles. The third-order valence-corrected chi connectivity index (χ3v) is 2.99. The van der Waals surface area contributed by atoms with Crippen LogP contribution in [0, 0.1) is 0 Å². The summed E-state index contributed by atoms with van der Waals surface area (Å²) < 4.78 is 0. The number of benzene rings is 1. The number of carboxylic acids is 1. The van der Waals surface area contributed by atoms with Crippen LogP contribution in [0.3, 0.4) is 0 Å². The first kappa shape index (κ1) is 14.8. The first-order valence-corrected chi connectivity index (χ1v) is 6.21. The van der Waals surface area contributed by atoms with E-state index >= 15 is 0 Å². The summed E-state index contributed by atoms with van der Waals surface area (Å²) in [5, 5.41) is 19.0. The molecule has 0 amide bonds. The minimum absolute atomic E-state index is 0.0828. The number of aliphatic carboxylic acids is 1. The van der Waals surface area contributed by atoms with Crippen molar-refractivity contribution < 1.29 is 15.0 Å². The first-order valence-electron chi connectivity index (χ1n) is 5.83. The van der Waals surface area contributed by atoms with Crippen LogP contribution in [-0.2, 0) is 11.3 Å². The molecule has 4 nitrogen and oxygen atoms in total. The van der Waals surface area contributed by atoms with Gasteiger partial charge in [-0.3, -0.25) is 9.69 Å². The fourth-order valence-corrected chi connectivity index (χ4v) is 1.85. The summed E-state index contributed by atoms with van der Waals surface area (Å²) in [6.07, 6.45) is 0.0828. The number of phenols is 1. The first-order chi connectivity index (χ1) is 8.40. The van der Waals surface area contributed by atoms with Gasteiger partial charge in [-0.05, 0) is 32.0 Å². The second-order valence-electron chi connectivity index (χ2n) is 4.48. The molecule has 0 bridgehead atoms. The highest BCUT2D eigenvalue weighted by Crippen LogP contribution is 2.23. The molecule has 0 radical (unpaired) electrons. The van der Waals surface area contributed by atoms with Crippen molar-refractivity contribution in [2.45, 2.75) is 32.9 Å². The molecule has 0 atom stereocenters. The Balaban J connectivity index is 2.76. The number of phenolic OH excluding ortho intramolecular Hbond substituents is 1. The Labute approximate surface area is 112 Å². The molecule has 0 aromatic heterocycles. The average Bonchev–Trinajstić information content (AvgIpc) is 2.28. The van der Waals surface area contributed by atoms with Crippen LogP contribution >= 0.6 is 11.6 Å². The van der Waals surface area contributed by atoms with Gasteiger partial charge in [0.1, 0.15) is 5.75 Å². The summed E-state index contributed by atoms with van der Waals surface area (Å²) in [6, 6.07) is 5.07. The lowest BCUT2D eigenvalue weighted by Gasteiger charge is -2.26. The highest BCUT2D eigenvalue weighted by atomic mass is 35.5. The zero-order valence-corrected chi connectivity index (χ0v) is 11.3. The van der Waals surface area contributed by atoms with Crippen molar-refractivity contribution in [3.63, 3.8) is 0 Å². The summed E-state index contributed by atoms with van der Waals surface area (Å²) in [5.41, 5.74) is 0.710. The van der Waals surface area contributed by atoms with Crippen LogP contribution in [0.25, 0.3) is 0 Å². The summed E-state index contributed by atoms with van der Waals surface area (Å²) >= 11 is 5.88. The van der Waals surface area contributed by atoms with E-state index in [1.165, 1.54) is 0 Å². The average molecular weight is 272 g/mol. The summed E-state index contributed by atoms with van der Waals surface area (Å²) in [4.78, 5) is 12.6. The highest BCUT2D eigenvalue weighted by Gasteiger charge is 2.14. The quantitative estimate of drug-likeness (QED) is 0.835.